The molecule has 0 unspecified atom stereocenters. The largest absolute Gasteiger partial charge is 0.417 e. The van der Waals surface area contributed by atoms with Crippen LogP contribution < -0.4 is 0 Å². The van der Waals surface area contributed by atoms with Crippen molar-refractivity contribution in [3.05, 3.63) is 41.5 Å². The van der Waals surface area contributed by atoms with Gasteiger partial charge in [-0.15, -0.1) is 0 Å². The third kappa shape index (κ3) is 6.81. The number of allylic oxidation sites excluding steroid dienone is 1. The lowest BCUT2D eigenvalue weighted by Gasteiger charge is -2.36. The second-order valence-corrected chi connectivity index (χ2v) is 12.4. The van der Waals surface area contributed by atoms with Crippen molar-refractivity contribution in [1.82, 2.24) is 0 Å². The number of benzene rings is 1. The summed E-state index contributed by atoms with van der Waals surface area (Å²) in [6, 6.07) is 5.24. The third-order valence-electron chi connectivity index (χ3n) is 4.58. The SMILES string of the molecule is CC(C)(C)[Si](C)(C)OCCCC/C=C\c1ccc(C(F)(F)F)cc1. The third-order valence-corrected chi connectivity index (χ3v) is 9.12. The lowest BCUT2D eigenvalue weighted by atomic mass is 10.1. The highest BCUT2D eigenvalue weighted by Crippen LogP contribution is 2.36. The summed E-state index contributed by atoms with van der Waals surface area (Å²) in [5, 5.41) is 0.232. The number of unbranched alkanes of at least 4 members (excludes halogenated alkanes) is 2. The molecule has 1 rings (SSSR count). The summed E-state index contributed by atoms with van der Waals surface area (Å²) in [4.78, 5) is 0. The van der Waals surface area contributed by atoms with E-state index in [2.05, 4.69) is 33.9 Å². The summed E-state index contributed by atoms with van der Waals surface area (Å²) in [5.41, 5.74) is 0.183. The first-order valence-corrected chi connectivity index (χ1v) is 11.3. The van der Waals surface area contributed by atoms with E-state index < -0.39 is 20.1 Å². The van der Waals surface area contributed by atoms with Gasteiger partial charge in [-0.3, -0.25) is 0 Å². The van der Waals surface area contributed by atoms with Crippen LogP contribution in [0.15, 0.2) is 30.3 Å². The van der Waals surface area contributed by atoms with Crippen molar-refractivity contribution in [2.45, 2.75) is 64.3 Å². The van der Waals surface area contributed by atoms with E-state index in [-0.39, 0.29) is 5.04 Å². The van der Waals surface area contributed by atoms with Gasteiger partial charge in [0.2, 0.25) is 0 Å². The normalized spacial score (nSPS) is 13.7. The van der Waals surface area contributed by atoms with Crippen molar-refractivity contribution in [3.63, 3.8) is 0 Å². The van der Waals surface area contributed by atoms with E-state index in [9.17, 15) is 13.2 Å². The maximum atomic E-state index is 12.5. The highest BCUT2D eigenvalue weighted by Gasteiger charge is 2.36. The van der Waals surface area contributed by atoms with Gasteiger partial charge in [-0.2, -0.15) is 13.2 Å². The predicted octanol–water partition coefficient (Wildman–Crippen LogP) is 6.91. The summed E-state index contributed by atoms with van der Waals surface area (Å²) in [7, 11) is -1.66. The van der Waals surface area contributed by atoms with Crippen LogP contribution >= 0.6 is 0 Å². The predicted molar refractivity (Wildman–Crippen MR) is 97.5 cm³/mol. The fourth-order valence-corrected chi connectivity index (χ4v) is 3.00. The van der Waals surface area contributed by atoms with Gasteiger partial charge in [-0.1, -0.05) is 45.1 Å². The molecule has 0 atom stereocenters. The van der Waals surface area contributed by atoms with Crippen LogP contribution in [0.4, 0.5) is 13.2 Å². The Kier molecular flexibility index (Phi) is 7.29. The molecule has 0 bridgehead atoms. The van der Waals surface area contributed by atoms with Crippen LogP contribution in [-0.4, -0.2) is 14.9 Å². The highest BCUT2D eigenvalue weighted by atomic mass is 28.4. The Morgan fingerprint density at radius 3 is 2.08 bits per heavy atom. The molecule has 0 aliphatic heterocycles. The van der Waals surface area contributed by atoms with Crippen molar-refractivity contribution >= 4 is 14.4 Å². The second-order valence-electron chi connectivity index (χ2n) is 7.63. The number of halogens is 3. The van der Waals surface area contributed by atoms with Crippen LogP contribution in [0, 0.1) is 0 Å². The van der Waals surface area contributed by atoms with Gasteiger partial charge in [0.1, 0.15) is 0 Å². The quantitative estimate of drug-likeness (QED) is 0.380. The second kappa shape index (κ2) is 8.34. The van der Waals surface area contributed by atoms with Gasteiger partial charge in [0.25, 0.3) is 0 Å². The van der Waals surface area contributed by atoms with Crippen LogP contribution in [0.25, 0.3) is 6.08 Å². The van der Waals surface area contributed by atoms with Crippen molar-refractivity contribution < 1.29 is 17.6 Å². The molecule has 136 valence electrons. The highest BCUT2D eigenvalue weighted by molar-refractivity contribution is 6.74. The molecule has 1 aromatic rings. The lowest BCUT2D eigenvalue weighted by Crippen LogP contribution is -2.40. The first-order valence-electron chi connectivity index (χ1n) is 8.41. The molecule has 0 aliphatic rings. The van der Waals surface area contributed by atoms with E-state index in [0.29, 0.717) is 0 Å². The molecule has 0 saturated carbocycles. The van der Waals surface area contributed by atoms with Crippen LogP contribution in [0.3, 0.4) is 0 Å². The maximum Gasteiger partial charge on any atom is 0.416 e. The fourth-order valence-electron chi connectivity index (χ4n) is 1.91. The van der Waals surface area contributed by atoms with E-state index >= 15 is 0 Å². The molecule has 24 heavy (non-hydrogen) atoms. The van der Waals surface area contributed by atoms with E-state index in [1.807, 2.05) is 12.2 Å². The zero-order chi connectivity index (χ0) is 18.4. The number of hydrogen-bond acceptors (Lipinski definition) is 1. The molecule has 0 amide bonds. The molecule has 0 spiro atoms. The number of rotatable bonds is 7. The van der Waals surface area contributed by atoms with Gasteiger partial charge < -0.3 is 4.43 Å². The Balaban J connectivity index is 2.30. The van der Waals surface area contributed by atoms with Gasteiger partial charge in [-0.25, -0.2) is 0 Å². The van der Waals surface area contributed by atoms with Crippen molar-refractivity contribution in [3.8, 4) is 0 Å². The topological polar surface area (TPSA) is 9.23 Å². The van der Waals surface area contributed by atoms with Crippen molar-refractivity contribution in [2.24, 2.45) is 0 Å². The van der Waals surface area contributed by atoms with Crippen LogP contribution in [0.5, 0.6) is 0 Å². The summed E-state index contributed by atoms with van der Waals surface area (Å²) in [5.74, 6) is 0. The molecule has 0 fully saturated rings. The molecule has 1 nitrogen and oxygen atoms in total. The van der Waals surface area contributed by atoms with Gasteiger partial charge in [-0.05, 0) is 55.1 Å². The molecule has 0 radical (unpaired) electrons. The molecule has 0 aromatic heterocycles. The zero-order valence-corrected chi connectivity index (χ0v) is 16.3. The molecule has 0 saturated heterocycles. The van der Waals surface area contributed by atoms with Crippen LogP contribution in [0.2, 0.25) is 18.1 Å². The van der Waals surface area contributed by atoms with E-state index in [4.69, 9.17) is 4.43 Å². The molecule has 0 aliphatic carbocycles. The maximum absolute atomic E-state index is 12.5. The summed E-state index contributed by atoms with van der Waals surface area (Å²) < 4.78 is 43.5. The van der Waals surface area contributed by atoms with Crippen molar-refractivity contribution in [1.29, 1.82) is 0 Å². The zero-order valence-electron chi connectivity index (χ0n) is 15.3. The van der Waals surface area contributed by atoms with Gasteiger partial charge in [0.15, 0.2) is 8.32 Å². The first kappa shape index (κ1) is 21.0. The average molecular weight is 359 g/mol. The minimum absolute atomic E-state index is 0.232. The Morgan fingerprint density at radius 1 is 1.00 bits per heavy atom. The standard InChI is InChI=1S/C19H29F3OSi/c1-18(2,3)24(4,5)23-15-9-7-6-8-10-16-11-13-17(14-12-16)19(20,21)22/h8,10-14H,6-7,9,15H2,1-5H3/b10-8-. The molecule has 0 N–H and O–H groups in total. The smallest absolute Gasteiger partial charge is 0.416 e. The number of alkyl halides is 3. The minimum atomic E-state index is -4.27. The molecule has 1 aromatic carbocycles. The van der Waals surface area contributed by atoms with Crippen molar-refractivity contribution in [2.75, 3.05) is 6.61 Å². The average Bonchev–Trinajstić information content (AvgIpc) is 2.44. The van der Waals surface area contributed by atoms with Gasteiger partial charge in [0, 0.05) is 6.61 Å². The molecule has 5 heteroatoms. The monoisotopic (exact) mass is 358 g/mol. The number of hydrogen-bond donors (Lipinski definition) is 0. The lowest BCUT2D eigenvalue weighted by molar-refractivity contribution is -0.137. The summed E-state index contributed by atoms with van der Waals surface area (Å²) in [6.07, 6.45) is 2.54. The molecular formula is C19H29F3OSi. The van der Waals surface area contributed by atoms with E-state index in [0.717, 1.165) is 43.6 Å². The Labute approximate surface area is 145 Å². The van der Waals surface area contributed by atoms with E-state index in [1.165, 1.54) is 12.1 Å². The Morgan fingerprint density at radius 2 is 1.58 bits per heavy atom. The Bertz CT molecular complexity index is 525. The molecule has 0 heterocycles. The minimum Gasteiger partial charge on any atom is -0.417 e. The van der Waals surface area contributed by atoms with Crippen LogP contribution in [-0.2, 0) is 10.6 Å². The summed E-state index contributed by atoms with van der Waals surface area (Å²) >= 11 is 0. The fraction of sp³-hybridized carbons (Fsp3) is 0.579. The first-order chi connectivity index (χ1) is 10.9. The Hall–Kier alpha value is -1.07. The van der Waals surface area contributed by atoms with Gasteiger partial charge >= 0.3 is 6.18 Å². The van der Waals surface area contributed by atoms with Crippen LogP contribution in [0.1, 0.15) is 51.2 Å². The van der Waals surface area contributed by atoms with E-state index in [1.54, 1.807) is 0 Å². The molecular weight excluding hydrogens is 329 g/mol. The van der Waals surface area contributed by atoms with Gasteiger partial charge in [0.05, 0.1) is 5.56 Å². The summed E-state index contributed by atoms with van der Waals surface area (Å²) in [6.45, 7) is 12.0.